The number of hydrogen-bond donors (Lipinski definition) is 0. The van der Waals surface area contributed by atoms with Crippen LogP contribution in [0, 0.1) is 6.92 Å². The maximum absolute atomic E-state index is 13.0. The number of aromatic nitrogens is 4. The lowest BCUT2D eigenvalue weighted by atomic mass is 10.2. The van der Waals surface area contributed by atoms with E-state index in [0.717, 1.165) is 36.8 Å². The van der Waals surface area contributed by atoms with Crippen LogP contribution in [0.4, 0.5) is 24.8 Å². The SMILES string of the molecule is Cc1nc(N2CCN(c3cc4c(nn3)CCC4)CC2)cc(C(F)(F)F)n1. The van der Waals surface area contributed by atoms with Gasteiger partial charge in [-0.25, -0.2) is 9.97 Å². The quantitative estimate of drug-likeness (QED) is 0.816. The molecular formula is C17H19F3N6. The number of rotatable bonds is 2. The molecule has 0 bridgehead atoms. The number of anilines is 2. The van der Waals surface area contributed by atoms with Gasteiger partial charge >= 0.3 is 6.18 Å². The highest BCUT2D eigenvalue weighted by atomic mass is 19.4. The molecule has 1 aliphatic heterocycles. The number of hydrogen-bond acceptors (Lipinski definition) is 6. The van der Waals surface area contributed by atoms with E-state index in [4.69, 9.17) is 0 Å². The third-order valence-corrected chi connectivity index (χ3v) is 4.85. The third kappa shape index (κ3) is 3.30. The summed E-state index contributed by atoms with van der Waals surface area (Å²) in [5.74, 6) is 1.30. The predicted octanol–water partition coefficient (Wildman–Crippen LogP) is 2.41. The van der Waals surface area contributed by atoms with E-state index in [1.165, 1.54) is 12.5 Å². The first-order valence-corrected chi connectivity index (χ1v) is 8.68. The normalized spacial score (nSPS) is 17.5. The largest absolute Gasteiger partial charge is 0.433 e. The minimum atomic E-state index is -4.47. The average Bonchev–Trinajstić information content (AvgIpc) is 3.08. The second kappa shape index (κ2) is 6.37. The summed E-state index contributed by atoms with van der Waals surface area (Å²) >= 11 is 0. The maximum atomic E-state index is 13.0. The summed E-state index contributed by atoms with van der Waals surface area (Å²) in [6.07, 6.45) is -1.32. The molecule has 0 radical (unpaired) electrons. The van der Waals surface area contributed by atoms with E-state index in [9.17, 15) is 13.2 Å². The van der Waals surface area contributed by atoms with E-state index >= 15 is 0 Å². The molecular weight excluding hydrogens is 345 g/mol. The molecule has 2 aromatic rings. The van der Waals surface area contributed by atoms with Gasteiger partial charge in [0, 0.05) is 32.2 Å². The molecule has 3 heterocycles. The molecule has 2 aliphatic rings. The van der Waals surface area contributed by atoms with Crippen molar-refractivity contribution in [2.75, 3.05) is 36.0 Å². The van der Waals surface area contributed by atoms with Gasteiger partial charge in [-0.05, 0) is 37.8 Å². The van der Waals surface area contributed by atoms with Gasteiger partial charge in [-0.1, -0.05) is 0 Å². The molecule has 1 saturated heterocycles. The molecule has 0 spiro atoms. The van der Waals surface area contributed by atoms with Crippen molar-refractivity contribution in [3.05, 3.63) is 34.9 Å². The van der Waals surface area contributed by atoms with Gasteiger partial charge in [0.2, 0.25) is 0 Å². The molecule has 0 atom stereocenters. The van der Waals surface area contributed by atoms with E-state index in [-0.39, 0.29) is 5.82 Å². The summed E-state index contributed by atoms with van der Waals surface area (Å²) < 4.78 is 38.9. The van der Waals surface area contributed by atoms with E-state index in [1.54, 1.807) is 0 Å². The van der Waals surface area contributed by atoms with Crippen molar-refractivity contribution < 1.29 is 13.2 Å². The van der Waals surface area contributed by atoms with E-state index in [2.05, 4.69) is 31.1 Å². The molecule has 0 N–H and O–H groups in total. The predicted molar refractivity (Wildman–Crippen MR) is 90.3 cm³/mol. The monoisotopic (exact) mass is 364 g/mol. The van der Waals surface area contributed by atoms with Crippen molar-refractivity contribution in [1.82, 2.24) is 20.2 Å². The highest BCUT2D eigenvalue weighted by molar-refractivity contribution is 5.47. The van der Waals surface area contributed by atoms with Crippen LogP contribution < -0.4 is 9.80 Å². The molecule has 4 rings (SSSR count). The maximum Gasteiger partial charge on any atom is 0.433 e. The van der Waals surface area contributed by atoms with Gasteiger partial charge in [-0.3, -0.25) is 0 Å². The number of halogens is 3. The van der Waals surface area contributed by atoms with Crippen LogP contribution in [-0.4, -0.2) is 46.3 Å². The van der Waals surface area contributed by atoms with Crippen LogP contribution in [0.2, 0.25) is 0 Å². The fourth-order valence-electron chi connectivity index (χ4n) is 3.50. The zero-order valence-corrected chi connectivity index (χ0v) is 14.4. The summed E-state index contributed by atoms with van der Waals surface area (Å²) in [5, 5.41) is 8.63. The van der Waals surface area contributed by atoms with Gasteiger partial charge in [0.25, 0.3) is 0 Å². The second-order valence-electron chi connectivity index (χ2n) is 6.66. The van der Waals surface area contributed by atoms with Crippen molar-refractivity contribution in [1.29, 1.82) is 0 Å². The van der Waals surface area contributed by atoms with Gasteiger partial charge in [0.1, 0.15) is 17.3 Å². The van der Waals surface area contributed by atoms with Crippen molar-refractivity contribution in [2.45, 2.75) is 32.4 Å². The summed E-state index contributed by atoms with van der Waals surface area (Å²) in [6.45, 7) is 3.96. The Morgan fingerprint density at radius 2 is 1.58 bits per heavy atom. The van der Waals surface area contributed by atoms with Gasteiger partial charge < -0.3 is 9.80 Å². The first-order valence-electron chi connectivity index (χ1n) is 8.68. The van der Waals surface area contributed by atoms with Crippen molar-refractivity contribution >= 4 is 11.6 Å². The molecule has 1 aliphatic carbocycles. The standard InChI is InChI=1S/C17H19F3N6/c1-11-21-14(17(18,19)20)10-15(22-11)25-5-7-26(8-6-25)16-9-12-3-2-4-13(12)23-24-16/h9-10H,2-8H2,1H3. The first-order chi connectivity index (χ1) is 12.4. The Hall–Kier alpha value is -2.45. The Morgan fingerprint density at radius 1 is 0.885 bits per heavy atom. The fraction of sp³-hybridized carbons (Fsp3) is 0.529. The molecule has 0 amide bonds. The van der Waals surface area contributed by atoms with Crippen LogP contribution in [0.15, 0.2) is 12.1 Å². The summed E-state index contributed by atoms with van der Waals surface area (Å²) in [5.41, 5.74) is 1.45. The molecule has 0 unspecified atom stereocenters. The molecule has 0 saturated carbocycles. The van der Waals surface area contributed by atoms with Crippen LogP contribution in [0.3, 0.4) is 0 Å². The Labute approximate surface area is 149 Å². The van der Waals surface area contributed by atoms with E-state index < -0.39 is 11.9 Å². The van der Waals surface area contributed by atoms with Crippen LogP contribution in [0.1, 0.15) is 29.2 Å². The average molecular weight is 364 g/mol. The highest BCUT2D eigenvalue weighted by Crippen LogP contribution is 2.30. The Bertz CT molecular complexity index is 815. The van der Waals surface area contributed by atoms with Gasteiger partial charge in [-0.15, -0.1) is 5.10 Å². The Balaban J connectivity index is 1.48. The molecule has 138 valence electrons. The fourth-order valence-corrected chi connectivity index (χ4v) is 3.50. The van der Waals surface area contributed by atoms with Crippen LogP contribution >= 0.6 is 0 Å². The third-order valence-electron chi connectivity index (χ3n) is 4.85. The van der Waals surface area contributed by atoms with Gasteiger partial charge in [-0.2, -0.15) is 18.3 Å². The van der Waals surface area contributed by atoms with Crippen LogP contribution in [0.5, 0.6) is 0 Å². The zero-order valence-electron chi connectivity index (χ0n) is 14.4. The lowest BCUT2D eigenvalue weighted by molar-refractivity contribution is -0.141. The number of fused-ring (bicyclic) bond motifs is 1. The van der Waals surface area contributed by atoms with Crippen molar-refractivity contribution in [3.8, 4) is 0 Å². The molecule has 1 fully saturated rings. The number of alkyl halides is 3. The minimum absolute atomic E-state index is 0.127. The number of nitrogens with zero attached hydrogens (tertiary/aromatic N) is 6. The van der Waals surface area contributed by atoms with Crippen LogP contribution in [-0.2, 0) is 19.0 Å². The molecule has 2 aromatic heterocycles. The lowest BCUT2D eigenvalue weighted by Gasteiger charge is -2.36. The number of aryl methyl sites for hydroxylation is 3. The smallest absolute Gasteiger partial charge is 0.353 e. The molecule has 0 aromatic carbocycles. The van der Waals surface area contributed by atoms with E-state index in [1.807, 2.05) is 4.90 Å². The minimum Gasteiger partial charge on any atom is -0.353 e. The van der Waals surface area contributed by atoms with Crippen molar-refractivity contribution in [3.63, 3.8) is 0 Å². The van der Waals surface area contributed by atoms with E-state index in [0.29, 0.717) is 32.0 Å². The lowest BCUT2D eigenvalue weighted by Crippen LogP contribution is -2.47. The summed E-state index contributed by atoms with van der Waals surface area (Å²) in [4.78, 5) is 11.7. The van der Waals surface area contributed by atoms with Crippen LogP contribution in [0.25, 0.3) is 0 Å². The Morgan fingerprint density at radius 3 is 2.27 bits per heavy atom. The summed E-state index contributed by atoms with van der Waals surface area (Å²) in [6, 6.07) is 3.12. The topological polar surface area (TPSA) is 58.0 Å². The zero-order chi connectivity index (χ0) is 18.3. The first kappa shape index (κ1) is 17.0. The van der Waals surface area contributed by atoms with Crippen molar-refractivity contribution in [2.24, 2.45) is 0 Å². The molecule has 26 heavy (non-hydrogen) atoms. The van der Waals surface area contributed by atoms with Gasteiger partial charge in [0.15, 0.2) is 5.82 Å². The number of piperazine rings is 1. The van der Waals surface area contributed by atoms with Gasteiger partial charge in [0.05, 0.1) is 5.69 Å². The second-order valence-corrected chi connectivity index (χ2v) is 6.66. The molecule has 9 heteroatoms. The summed E-state index contributed by atoms with van der Waals surface area (Å²) in [7, 11) is 0. The highest BCUT2D eigenvalue weighted by Gasteiger charge is 2.34. The molecule has 6 nitrogen and oxygen atoms in total. The Kier molecular flexibility index (Phi) is 4.16.